The van der Waals surface area contributed by atoms with Gasteiger partial charge < -0.3 is 0 Å². The van der Waals surface area contributed by atoms with E-state index in [-0.39, 0.29) is 11.7 Å². The van der Waals surface area contributed by atoms with Crippen molar-refractivity contribution in [3.05, 3.63) is 0 Å². The predicted octanol–water partition coefficient (Wildman–Crippen LogP) is 1.09. The summed E-state index contributed by atoms with van der Waals surface area (Å²) in [4.78, 5) is 0. The van der Waals surface area contributed by atoms with Gasteiger partial charge in [-0.05, 0) is 0 Å². The summed E-state index contributed by atoms with van der Waals surface area (Å²) in [5.74, 6) is 0. The van der Waals surface area contributed by atoms with Crippen LogP contribution in [-0.4, -0.2) is 12.8 Å². The van der Waals surface area contributed by atoms with Gasteiger partial charge >= 0.3 is 61.6 Å². The first-order valence-electron chi connectivity index (χ1n) is 1.26. The van der Waals surface area contributed by atoms with Crippen LogP contribution in [0.3, 0.4) is 0 Å². The van der Waals surface area contributed by atoms with Crippen LogP contribution < -0.4 is 0 Å². The number of hydrogen-bond acceptors (Lipinski definition) is 0. The van der Waals surface area contributed by atoms with E-state index in [0.717, 1.165) is 0 Å². The van der Waals surface area contributed by atoms with Gasteiger partial charge in [0.1, 0.15) is 0 Å². The normalized spacial score (nSPS) is 10.4. The van der Waals surface area contributed by atoms with Gasteiger partial charge in [0.25, 0.3) is 0 Å². The Bertz CT molecular complexity index is 18.9. The zero-order valence-corrected chi connectivity index (χ0v) is 9.31. The Kier molecular flexibility index (Phi) is 6.56. The Labute approximate surface area is 60.3 Å². The Balaban J connectivity index is 2.54. The van der Waals surface area contributed by atoms with Crippen molar-refractivity contribution in [3.8, 4) is 0 Å². The molecule has 0 amide bonds. The van der Waals surface area contributed by atoms with Crippen LogP contribution in [0.4, 0.5) is 0 Å². The van der Waals surface area contributed by atoms with Gasteiger partial charge in [-0.15, -0.1) is 0 Å². The number of halogens is 3. The fourth-order valence-corrected chi connectivity index (χ4v) is 0. The Hall–Kier alpha value is 2.32. The van der Waals surface area contributed by atoms with Crippen LogP contribution in [0.25, 0.3) is 0 Å². The van der Waals surface area contributed by atoms with E-state index in [1.54, 1.807) is 0 Å². The van der Waals surface area contributed by atoms with Crippen molar-refractivity contribution in [1.82, 2.24) is 0 Å². The summed E-state index contributed by atoms with van der Waals surface area (Å²) in [6, 6.07) is 0. The van der Waals surface area contributed by atoms with Crippen LogP contribution in [0.15, 0.2) is 0 Å². The molecular weight excluding hydrogens is 402 g/mol. The molecule has 0 spiro atoms. The fraction of sp³-hybridized carbons (Fsp3) is 0. The molecule has 0 bridgehead atoms. The minimum atomic E-state index is -0.342. The van der Waals surface area contributed by atoms with Crippen LogP contribution in [0.1, 0.15) is 0 Å². The van der Waals surface area contributed by atoms with Crippen molar-refractivity contribution in [2.45, 2.75) is 0 Å². The third-order valence-electron chi connectivity index (χ3n) is 0.202. The molecule has 0 heterocycles. The quantitative estimate of drug-likeness (QED) is 0.453. The van der Waals surface area contributed by atoms with Crippen LogP contribution in [0.5, 0.6) is 0 Å². The van der Waals surface area contributed by atoms with Gasteiger partial charge in [0.05, 0.1) is 0 Å². The fourth-order valence-electron chi connectivity index (χ4n) is 0. The van der Waals surface area contributed by atoms with Crippen molar-refractivity contribution in [1.29, 1.82) is 0 Å². The van der Waals surface area contributed by atoms with E-state index in [1.807, 2.05) is 0 Å². The topological polar surface area (TPSA) is 0 Å². The molecule has 5 heavy (non-hydrogen) atoms. The molecule has 0 unspecified atom stereocenters. The van der Waals surface area contributed by atoms with Gasteiger partial charge in [-0.3, -0.25) is 0 Å². The molecule has 0 saturated heterocycles. The molecule has 0 aromatic rings. The minimum absolute atomic E-state index is 0.342. The molecule has 0 aromatic heterocycles. The molecule has 0 radical (unpaired) electrons. The first-order valence-corrected chi connectivity index (χ1v) is 15.4. The third kappa shape index (κ3) is 6.32. The van der Waals surface area contributed by atoms with Crippen LogP contribution in [0.2, 0.25) is 0 Å². The molecule has 0 aliphatic carbocycles. The Morgan fingerprint density at radius 1 is 1.60 bits per heavy atom. The molecule has 30 valence electrons. The molecule has 0 aliphatic heterocycles. The predicted molar refractivity (Wildman–Crippen MR) is 57.8 cm³/mol. The van der Waals surface area contributed by atoms with E-state index in [2.05, 4.69) is 45.0 Å². The average molecular weight is 405 g/mol. The van der Waals surface area contributed by atoms with Crippen LogP contribution in [0, 0.1) is 0 Å². The monoisotopic (exact) mass is 406 g/mol. The van der Waals surface area contributed by atoms with Crippen molar-refractivity contribution in [2.24, 2.45) is 0 Å². The first kappa shape index (κ1) is 7.32. The molecule has 0 aliphatic rings. The SMILES string of the molecule is BBI(I)I. The van der Waals surface area contributed by atoms with E-state index in [9.17, 15) is 0 Å². The van der Waals surface area contributed by atoms with Crippen molar-refractivity contribution >= 4 is 61.6 Å². The van der Waals surface area contributed by atoms with Gasteiger partial charge in [-0.2, -0.15) is 0 Å². The van der Waals surface area contributed by atoms with Crippen molar-refractivity contribution in [3.63, 3.8) is 0 Å². The average Bonchev–Trinajstić information content (AvgIpc) is 1.38. The standard InChI is InChI=1S/B2H3I3/c1-2-5(3)4/h2H,1H2. The van der Waals surface area contributed by atoms with Crippen LogP contribution in [-0.2, 0) is 0 Å². The van der Waals surface area contributed by atoms with E-state index in [4.69, 9.17) is 0 Å². The molecular formula is H3B2I3. The molecule has 0 aromatic carbocycles. The van der Waals surface area contributed by atoms with Crippen LogP contribution >= 0.6 is 48.9 Å². The summed E-state index contributed by atoms with van der Waals surface area (Å²) in [6.45, 7) is 0. The second kappa shape index (κ2) is 4.48. The molecule has 0 rings (SSSR count). The van der Waals surface area contributed by atoms with E-state index < -0.39 is 0 Å². The van der Waals surface area contributed by atoms with E-state index in [1.165, 1.54) is 5.03 Å². The summed E-state index contributed by atoms with van der Waals surface area (Å²) < 4.78 is 0. The summed E-state index contributed by atoms with van der Waals surface area (Å²) in [5, 5.41) is 1.44. The second-order valence-corrected chi connectivity index (χ2v) is 27.2. The molecule has 0 nitrogen and oxygen atoms in total. The molecule has 0 saturated carbocycles. The van der Waals surface area contributed by atoms with E-state index >= 15 is 0 Å². The van der Waals surface area contributed by atoms with Crippen molar-refractivity contribution in [2.75, 3.05) is 0 Å². The summed E-state index contributed by atoms with van der Waals surface area (Å²) in [6.07, 6.45) is 0. The van der Waals surface area contributed by atoms with Crippen molar-refractivity contribution < 1.29 is 0 Å². The molecule has 0 atom stereocenters. The zero-order valence-electron chi connectivity index (χ0n) is 2.84. The molecule has 0 fully saturated rings. The second-order valence-electron chi connectivity index (χ2n) is 0.523. The number of hydrogen-bond donors (Lipinski definition) is 0. The summed E-state index contributed by atoms with van der Waals surface area (Å²) in [7, 11) is 2.25. The van der Waals surface area contributed by atoms with Gasteiger partial charge in [-0.25, -0.2) is 0 Å². The van der Waals surface area contributed by atoms with Gasteiger partial charge in [0.15, 0.2) is 0 Å². The summed E-state index contributed by atoms with van der Waals surface area (Å²) in [5.41, 5.74) is 0. The number of rotatable bonds is 1. The van der Waals surface area contributed by atoms with E-state index in [0.29, 0.717) is 0 Å². The first-order chi connectivity index (χ1) is 2.27. The maximum absolute atomic E-state index is 2.55. The molecule has 0 N–H and O–H groups in total. The zero-order chi connectivity index (χ0) is 4.28. The Morgan fingerprint density at radius 3 is 1.80 bits per heavy atom. The van der Waals surface area contributed by atoms with Gasteiger partial charge in [-0.1, -0.05) is 0 Å². The third-order valence-corrected chi connectivity index (χ3v) is 9.09. The van der Waals surface area contributed by atoms with Gasteiger partial charge in [0, 0.05) is 0 Å². The molecule has 5 heteroatoms. The Morgan fingerprint density at radius 2 is 1.80 bits per heavy atom. The van der Waals surface area contributed by atoms with Gasteiger partial charge in [0.2, 0.25) is 0 Å². The summed E-state index contributed by atoms with van der Waals surface area (Å²) >= 11 is 4.76. The maximum atomic E-state index is 2.55.